The van der Waals surface area contributed by atoms with Crippen LogP contribution in [0, 0.1) is 5.92 Å². The number of rotatable bonds is 22. The van der Waals surface area contributed by atoms with E-state index < -0.39 is 6.10 Å². The van der Waals surface area contributed by atoms with Gasteiger partial charge in [-0.05, 0) is 12.3 Å². The molecular weight excluding hydrogens is 338 g/mol. The number of ether oxygens (including phenoxy) is 1. The zero-order valence-electron chi connectivity index (χ0n) is 18.4. The van der Waals surface area contributed by atoms with Gasteiger partial charge in [-0.15, -0.1) is 0 Å². The van der Waals surface area contributed by atoms with Gasteiger partial charge in [0.05, 0.1) is 19.3 Å². The van der Waals surface area contributed by atoms with Crippen molar-refractivity contribution in [2.45, 2.75) is 110 Å². The van der Waals surface area contributed by atoms with E-state index in [1.54, 1.807) is 0 Å². The molecule has 0 heterocycles. The molecule has 3 N–H and O–H groups in total. The van der Waals surface area contributed by atoms with Crippen molar-refractivity contribution >= 4 is 0 Å². The fourth-order valence-corrected chi connectivity index (χ4v) is 3.45. The minimum Gasteiger partial charge on any atom is -0.395 e. The van der Waals surface area contributed by atoms with Crippen LogP contribution in [0.3, 0.4) is 0 Å². The minimum atomic E-state index is -0.479. The SMILES string of the molecule is CCCCCCCCCCCC(C)CCCCCOCC(O)CNCCO. The summed E-state index contributed by atoms with van der Waals surface area (Å²) in [5.41, 5.74) is 0. The molecule has 0 bridgehead atoms. The van der Waals surface area contributed by atoms with Crippen molar-refractivity contribution in [2.24, 2.45) is 5.92 Å². The lowest BCUT2D eigenvalue weighted by Gasteiger charge is -2.13. The van der Waals surface area contributed by atoms with Crippen LogP contribution in [0.2, 0.25) is 0 Å². The standard InChI is InChI=1S/C23H49NO3/c1-3-4-5-6-7-8-9-10-12-15-22(2)16-13-11-14-19-27-21-23(26)20-24-17-18-25/h22-26H,3-21H2,1-2H3. The van der Waals surface area contributed by atoms with E-state index in [2.05, 4.69) is 19.2 Å². The van der Waals surface area contributed by atoms with Crippen molar-refractivity contribution < 1.29 is 14.9 Å². The molecule has 0 aliphatic rings. The number of hydrogen-bond donors (Lipinski definition) is 3. The van der Waals surface area contributed by atoms with Crippen LogP contribution in [0.25, 0.3) is 0 Å². The van der Waals surface area contributed by atoms with Crippen LogP contribution < -0.4 is 5.32 Å². The summed E-state index contributed by atoms with van der Waals surface area (Å²) in [5.74, 6) is 0.856. The summed E-state index contributed by atoms with van der Waals surface area (Å²) < 4.78 is 5.51. The van der Waals surface area contributed by atoms with Crippen LogP contribution in [-0.4, -0.2) is 49.2 Å². The lowest BCUT2D eigenvalue weighted by atomic mass is 9.96. The van der Waals surface area contributed by atoms with Gasteiger partial charge in [0.2, 0.25) is 0 Å². The Kier molecular flexibility index (Phi) is 22.0. The quantitative estimate of drug-likeness (QED) is 0.227. The van der Waals surface area contributed by atoms with Gasteiger partial charge in [0.25, 0.3) is 0 Å². The monoisotopic (exact) mass is 387 g/mol. The maximum atomic E-state index is 9.67. The summed E-state index contributed by atoms with van der Waals surface area (Å²) in [7, 11) is 0. The first-order valence-electron chi connectivity index (χ1n) is 11.8. The van der Waals surface area contributed by atoms with Gasteiger partial charge in [-0.2, -0.15) is 0 Å². The van der Waals surface area contributed by atoms with Crippen LogP contribution >= 0.6 is 0 Å². The average molecular weight is 388 g/mol. The second-order valence-corrected chi connectivity index (χ2v) is 8.23. The minimum absolute atomic E-state index is 0.102. The second-order valence-electron chi connectivity index (χ2n) is 8.23. The van der Waals surface area contributed by atoms with Crippen molar-refractivity contribution in [2.75, 3.05) is 32.9 Å². The molecule has 4 heteroatoms. The topological polar surface area (TPSA) is 61.7 Å². The molecule has 2 unspecified atom stereocenters. The first-order valence-corrected chi connectivity index (χ1v) is 11.8. The summed E-state index contributed by atoms with van der Waals surface area (Å²) in [6, 6.07) is 0. The van der Waals surface area contributed by atoms with Crippen LogP contribution in [-0.2, 0) is 4.74 Å². The van der Waals surface area contributed by atoms with E-state index in [1.807, 2.05) is 0 Å². The van der Waals surface area contributed by atoms with Crippen LogP contribution in [0.5, 0.6) is 0 Å². The Morgan fingerprint density at radius 3 is 1.96 bits per heavy atom. The van der Waals surface area contributed by atoms with Gasteiger partial charge in [0.15, 0.2) is 0 Å². The molecule has 4 nitrogen and oxygen atoms in total. The van der Waals surface area contributed by atoms with Crippen molar-refractivity contribution in [1.82, 2.24) is 5.32 Å². The molecule has 0 aromatic carbocycles. The number of nitrogens with one attached hydrogen (secondary N) is 1. The Balaban J connectivity index is 3.22. The summed E-state index contributed by atoms with van der Waals surface area (Å²) in [4.78, 5) is 0. The Morgan fingerprint density at radius 1 is 0.815 bits per heavy atom. The number of unbranched alkanes of at least 4 members (excludes halogenated alkanes) is 10. The van der Waals surface area contributed by atoms with Crippen LogP contribution in [0.1, 0.15) is 104 Å². The Hall–Kier alpha value is -0.160. The predicted octanol–water partition coefficient (Wildman–Crippen LogP) is 5.06. The lowest BCUT2D eigenvalue weighted by Crippen LogP contribution is -2.32. The lowest BCUT2D eigenvalue weighted by molar-refractivity contribution is 0.0350. The number of aliphatic hydroxyl groups is 2. The second kappa shape index (κ2) is 22.1. The van der Waals surface area contributed by atoms with E-state index in [4.69, 9.17) is 9.84 Å². The van der Waals surface area contributed by atoms with E-state index in [0.29, 0.717) is 19.7 Å². The van der Waals surface area contributed by atoms with Gasteiger partial charge in [0.1, 0.15) is 0 Å². The highest BCUT2D eigenvalue weighted by atomic mass is 16.5. The third-order valence-electron chi connectivity index (χ3n) is 5.26. The average Bonchev–Trinajstić information content (AvgIpc) is 2.66. The summed E-state index contributed by atoms with van der Waals surface area (Å²) in [5, 5.41) is 21.3. The first-order chi connectivity index (χ1) is 13.2. The fourth-order valence-electron chi connectivity index (χ4n) is 3.45. The molecule has 0 saturated heterocycles. The summed E-state index contributed by atoms with van der Waals surface area (Å²) >= 11 is 0. The highest BCUT2D eigenvalue weighted by Gasteiger charge is 2.04. The van der Waals surface area contributed by atoms with E-state index in [-0.39, 0.29) is 6.61 Å². The Morgan fingerprint density at radius 2 is 1.37 bits per heavy atom. The molecular formula is C23H49NO3. The maximum absolute atomic E-state index is 9.67. The molecule has 0 radical (unpaired) electrons. The van der Waals surface area contributed by atoms with E-state index >= 15 is 0 Å². The molecule has 0 fully saturated rings. The van der Waals surface area contributed by atoms with Crippen molar-refractivity contribution in [3.63, 3.8) is 0 Å². The first kappa shape index (κ1) is 26.8. The third-order valence-corrected chi connectivity index (χ3v) is 5.26. The van der Waals surface area contributed by atoms with E-state index in [9.17, 15) is 5.11 Å². The summed E-state index contributed by atoms with van der Waals surface area (Å²) in [6.07, 6.45) is 18.6. The molecule has 0 aromatic heterocycles. The zero-order chi connectivity index (χ0) is 20.0. The maximum Gasteiger partial charge on any atom is 0.0897 e. The van der Waals surface area contributed by atoms with Crippen LogP contribution in [0.4, 0.5) is 0 Å². The molecule has 0 aliphatic carbocycles. The molecule has 27 heavy (non-hydrogen) atoms. The normalized spacial score (nSPS) is 13.8. The number of hydrogen-bond acceptors (Lipinski definition) is 4. The van der Waals surface area contributed by atoms with Gasteiger partial charge in [0, 0.05) is 19.7 Å². The molecule has 0 aliphatic heterocycles. The smallest absolute Gasteiger partial charge is 0.0897 e. The molecule has 164 valence electrons. The van der Waals surface area contributed by atoms with Crippen molar-refractivity contribution in [3.05, 3.63) is 0 Å². The predicted molar refractivity (Wildman–Crippen MR) is 116 cm³/mol. The summed E-state index contributed by atoms with van der Waals surface area (Å²) in [6.45, 7) is 6.91. The van der Waals surface area contributed by atoms with Gasteiger partial charge >= 0.3 is 0 Å². The number of aliphatic hydroxyl groups excluding tert-OH is 2. The molecule has 0 amide bonds. The Labute approximate surface area is 169 Å². The fraction of sp³-hybridized carbons (Fsp3) is 1.00. The van der Waals surface area contributed by atoms with Crippen molar-refractivity contribution in [3.8, 4) is 0 Å². The zero-order valence-corrected chi connectivity index (χ0v) is 18.4. The highest BCUT2D eigenvalue weighted by molar-refractivity contribution is 4.58. The molecule has 0 aromatic rings. The molecule has 0 spiro atoms. The van der Waals surface area contributed by atoms with Crippen molar-refractivity contribution in [1.29, 1.82) is 0 Å². The van der Waals surface area contributed by atoms with Gasteiger partial charge in [-0.1, -0.05) is 97.3 Å². The van der Waals surface area contributed by atoms with E-state index in [0.717, 1.165) is 18.9 Å². The van der Waals surface area contributed by atoms with Gasteiger partial charge < -0.3 is 20.3 Å². The van der Waals surface area contributed by atoms with Gasteiger partial charge in [-0.25, -0.2) is 0 Å². The van der Waals surface area contributed by atoms with Crippen LogP contribution in [0.15, 0.2) is 0 Å². The molecule has 0 rings (SSSR count). The third kappa shape index (κ3) is 22.0. The molecule has 2 atom stereocenters. The largest absolute Gasteiger partial charge is 0.395 e. The van der Waals surface area contributed by atoms with E-state index in [1.165, 1.54) is 83.5 Å². The Bertz CT molecular complexity index is 276. The molecule has 0 saturated carbocycles. The highest BCUT2D eigenvalue weighted by Crippen LogP contribution is 2.18. The van der Waals surface area contributed by atoms with Gasteiger partial charge in [-0.3, -0.25) is 0 Å².